The fraction of sp³-hybridized carbons (Fsp3) is 0.600. The second kappa shape index (κ2) is 6.85. The maximum atomic E-state index is 5.83. The van der Waals surface area contributed by atoms with E-state index in [1.54, 1.807) is 0 Å². The Labute approximate surface area is 122 Å². The molecule has 3 N–H and O–H groups in total. The van der Waals surface area contributed by atoms with Gasteiger partial charge in [0.15, 0.2) is 0 Å². The van der Waals surface area contributed by atoms with Gasteiger partial charge in [0.1, 0.15) is 4.99 Å². The lowest BCUT2D eigenvalue weighted by Crippen LogP contribution is -2.27. The third kappa shape index (κ3) is 3.90. The average Bonchev–Trinajstić information content (AvgIpc) is 2.28. The van der Waals surface area contributed by atoms with E-state index in [0.29, 0.717) is 16.9 Å². The molecule has 1 unspecified atom stereocenters. The summed E-state index contributed by atoms with van der Waals surface area (Å²) in [6.45, 7) is 10.6. The summed E-state index contributed by atoms with van der Waals surface area (Å²) < 4.78 is 0. The van der Waals surface area contributed by atoms with Crippen LogP contribution in [-0.2, 0) is 0 Å². The molecule has 0 aliphatic carbocycles. The van der Waals surface area contributed by atoms with E-state index in [1.807, 2.05) is 19.9 Å². The van der Waals surface area contributed by atoms with E-state index in [0.717, 1.165) is 35.5 Å². The number of aromatic nitrogens is 1. The molecule has 3 nitrogen and oxygen atoms in total. The molecule has 1 atom stereocenters. The minimum Gasteiger partial charge on any atom is -0.389 e. The van der Waals surface area contributed by atoms with E-state index in [9.17, 15) is 0 Å². The Morgan fingerprint density at radius 1 is 1.37 bits per heavy atom. The minimum atomic E-state index is 0.393. The topological polar surface area (TPSA) is 50.9 Å². The van der Waals surface area contributed by atoms with Crippen LogP contribution in [0.4, 0.5) is 5.69 Å². The van der Waals surface area contributed by atoms with E-state index in [-0.39, 0.29) is 0 Å². The molecule has 19 heavy (non-hydrogen) atoms. The van der Waals surface area contributed by atoms with Crippen molar-refractivity contribution in [2.45, 2.75) is 53.5 Å². The van der Waals surface area contributed by atoms with Gasteiger partial charge >= 0.3 is 0 Å². The Morgan fingerprint density at radius 2 is 1.95 bits per heavy atom. The number of thiocarbonyl (C=S) groups is 1. The summed E-state index contributed by atoms with van der Waals surface area (Å²) in [7, 11) is 0. The van der Waals surface area contributed by atoms with Gasteiger partial charge in [0.25, 0.3) is 0 Å². The highest BCUT2D eigenvalue weighted by Crippen LogP contribution is 2.23. The second-order valence-corrected chi connectivity index (χ2v) is 5.59. The number of nitrogens with two attached hydrogens (primary N) is 1. The van der Waals surface area contributed by atoms with E-state index < -0.39 is 0 Å². The van der Waals surface area contributed by atoms with Crippen LogP contribution in [0.1, 0.15) is 50.6 Å². The van der Waals surface area contributed by atoms with Crippen LogP contribution in [0, 0.1) is 19.8 Å². The monoisotopic (exact) mass is 279 g/mol. The van der Waals surface area contributed by atoms with Crippen LogP contribution in [0.5, 0.6) is 0 Å². The van der Waals surface area contributed by atoms with Gasteiger partial charge in [0, 0.05) is 23.1 Å². The Morgan fingerprint density at radius 3 is 2.42 bits per heavy atom. The maximum absolute atomic E-state index is 5.83. The molecular formula is C15H25N3S. The van der Waals surface area contributed by atoms with Gasteiger partial charge in [-0.25, -0.2) is 0 Å². The number of hydrogen-bond donors (Lipinski definition) is 2. The van der Waals surface area contributed by atoms with Gasteiger partial charge < -0.3 is 11.1 Å². The van der Waals surface area contributed by atoms with Crippen LogP contribution in [0.2, 0.25) is 0 Å². The van der Waals surface area contributed by atoms with E-state index >= 15 is 0 Å². The first-order valence-electron chi connectivity index (χ1n) is 6.95. The molecule has 0 amide bonds. The number of nitrogens with zero attached hydrogens (tertiary/aromatic N) is 1. The van der Waals surface area contributed by atoms with Crippen molar-refractivity contribution in [3.63, 3.8) is 0 Å². The van der Waals surface area contributed by atoms with Crippen molar-refractivity contribution < 1.29 is 0 Å². The highest BCUT2D eigenvalue weighted by molar-refractivity contribution is 7.80. The van der Waals surface area contributed by atoms with Crippen molar-refractivity contribution in [1.29, 1.82) is 0 Å². The van der Waals surface area contributed by atoms with E-state index in [4.69, 9.17) is 18.0 Å². The molecule has 0 aliphatic heterocycles. The first-order valence-corrected chi connectivity index (χ1v) is 7.36. The van der Waals surface area contributed by atoms with Crippen molar-refractivity contribution >= 4 is 22.9 Å². The first-order chi connectivity index (χ1) is 8.90. The van der Waals surface area contributed by atoms with Gasteiger partial charge in [-0.05, 0) is 32.8 Å². The second-order valence-electron chi connectivity index (χ2n) is 5.15. The predicted octanol–water partition coefficient (Wildman–Crippen LogP) is 3.57. The van der Waals surface area contributed by atoms with Crippen molar-refractivity contribution in [3.8, 4) is 0 Å². The van der Waals surface area contributed by atoms with Crippen LogP contribution < -0.4 is 11.1 Å². The molecule has 0 spiro atoms. The number of pyridine rings is 1. The standard InChI is InChI=1S/C15H25N3S/c1-6-12(7-2)10(4)18-13-8-9(3)17-11(5)14(13)15(16)19/h8,10,12H,6-7H2,1-5H3,(H2,16,19)(H,17,18). The van der Waals surface area contributed by atoms with Crippen LogP contribution >= 0.6 is 12.2 Å². The van der Waals surface area contributed by atoms with Crippen LogP contribution in [0.25, 0.3) is 0 Å². The molecule has 0 aromatic carbocycles. The molecular weight excluding hydrogens is 254 g/mol. The lowest BCUT2D eigenvalue weighted by Gasteiger charge is -2.25. The minimum absolute atomic E-state index is 0.393. The van der Waals surface area contributed by atoms with Gasteiger partial charge in [-0.3, -0.25) is 4.98 Å². The van der Waals surface area contributed by atoms with Crippen LogP contribution in [0.3, 0.4) is 0 Å². The Kier molecular flexibility index (Phi) is 5.73. The molecule has 1 aromatic heterocycles. The zero-order chi connectivity index (χ0) is 14.6. The molecule has 0 aliphatic rings. The van der Waals surface area contributed by atoms with Gasteiger partial charge in [-0.2, -0.15) is 0 Å². The van der Waals surface area contributed by atoms with Crippen molar-refractivity contribution in [3.05, 3.63) is 23.0 Å². The first kappa shape index (κ1) is 15.9. The summed E-state index contributed by atoms with van der Waals surface area (Å²) in [5.74, 6) is 0.646. The fourth-order valence-electron chi connectivity index (χ4n) is 2.61. The molecule has 1 heterocycles. The van der Waals surface area contributed by atoms with Crippen molar-refractivity contribution in [2.75, 3.05) is 5.32 Å². The third-order valence-corrected chi connectivity index (χ3v) is 3.92. The predicted molar refractivity (Wildman–Crippen MR) is 86.8 cm³/mol. The Bertz CT molecular complexity index is 453. The number of rotatable bonds is 6. The van der Waals surface area contributed by atoms with Gasteiger partial charge in [-0.1, -0.05) is 38.9 Å². The number of aryl methyl sites for hydroxylation is 2. The molecule has 0 fully saturated rings. The molecule has 1 aromatic rings. The highest BCUT2D eigenvalue weighted by atomic mass is 32.1. The highest BCUT2D eigenvalue weighted by Gasteiger charge is 2.17. The zero-order valence-corrected chi connectivity index (χ0v) is 13.4. The normalized spacial score (nSPS) is 12.5. The van der Waals surface area contributed by atoms with Crippen LogP contribution in [0.15, 0.2) is 6.07 Å². The summed E-state index contributed by atoms with van der Waals surface area (Å²) in [5.41, 5.74) is 9.60. The summed E-state index contributed by atoms with van der Waals surface area (Å²) in [4.78, 5) is 4.85. The molecule has 1 rings (SSSR count). The summed E-state index contributed by atoms with van der Waals surface area (Å²) >= 11 is 5.15. The summed E-state index contributed by atoms with van der Waals surface area (Å²) in [5, 5.41) is 3.57. The maximum Gasteiger partial charge on any atom is 0.107 e. The SMILES string of the molecule is CCC(CC)C(C)Nc1cc(C)nc(C)c1C(N)=S. The molecule has 0 radical (unpaired) electrons. The molecule has 0 saturated heterocycles. The largest absolute Gasteiger partial charge is 0.389 e. The molecule has 4 heteroatoms. The van der Waals surface area contributed by atoms with Crippen molar-refractivity contribution in [2.24, 2.45) is 11.7 Å². The number of anilines is 1. The third-order valence-electron chi connectivity index (χ3n) is 3.71. The lowest BCUT2D eigenvalue weighted by molar-refractivity contribution is 0.438. The molecule has 0 bridgehead atoms. The van der Waals surface area contributed by atoms with E-state index in [2.05, 4.69) is 31.1 Å². The fourth-order valence-corrected chi connectivity index (χ4v) is 2.87. The quantitative estimate of drug-likeness (QED) is 0.782. The summed E-state index contributed by atoms with van der Waals surface area (Å²) in [6, 6.07) is 2.42. The van der Waals surface area contributed by atoms with Crippen molar-refractivity contribution in [1.82, 2.24) is 4.98 Å². The van der Waals surface area contributed by atoms with Gasteiger partial charge in [0.2, 0.25) is 0 Å². The van der Waals surface area contributed by atoms with E-state index in [1.165, 1.54) is 0 Å². The van der Waals surface area contributed by atoms with Gasteiger partial charge in [0.05, 0.1) is 5.56 Å². The molecule has 0 saturated carbocycles. The van der Waals surface area contributed by atoms with Crippen LogP contribution in [-0.4, -0.2) is 16.0 Å². The number of nitrogens with one attached hydrogen (secondary N) is 1. The molecule has 106 valence electrons. The number of hydrogen-bond acceptors (Lipinski definition) is 3. The zero-order valence-electron chi connectivity index (χ0n) is 12.6. The van der Waals surface area contributed by atoms with Gasteiger partial charge in [-0.15, -0.1) is 0 Å². The Hall–Kier alpha value is -1.16. The smallest absolute Gasteiger partial charge is 0.107 e. The Balaban J connectivity index is 3.09. The summed E-state index contributed by atoms with van der Waals surface area (Å²) in [6.07, 6.45) is 2.33. The lowest BCUT2D eigenvalue weighted by atomic mass is 9.95. The average molecular weight is 279 g/mol.